The summed E-state index contributed by atoms with van der Waals surface area (Å²) in [5, 5.41) is 0. The Bertz CT molecular complexity index is 1050. The van der Waals surface area contributed by atoms with E-state index in [0.29, 0.717) is 11.3 Å². The van der Waals surface area contributed by atoms with Crippen molar-refractivity contribution in [3.63, 3.8) is 0 Å². The lowest BCUT2D eigenvalue weighted by Crippen LogP contribution is -2.14. The van der Waals surface area contributed by atoms with E-state index in [-0.39, 0.29) is 10.7 Å². The van der Waals surface area contributed by atoms with Crippen LogP contribution in [-0.4, -0.2) is 31.5 Å². The molecule has 7 nitrogen and oxygen atoms in total. The summed E-state index contributed by atoms with van der Waals surface area (Å²) in [6, 6.07) is 13.2. The van der Waals surface area contributed by atoms with Gasteiger partial charge in [-0.05, 0) is 31.2 Å². The van der Waals surface area contributed by atoms with Crippen LogP contribution in [0, 0.1) is 6.92 Å². The van der Waals surface area contributed by atoms with E-state index in [2.05, 4.69) is 19.4 Å². The van der Waals surface area contributed by atoms with Crippen LogP contribution in [0.4, 0.5) is 5.82 Å². The van der Waals surface area contributed by atoms with Gasteiger partial charge in [0.15, 0.2) is 5.82 Å². The lowest BCUT2D eigenvalue weighted by atomic mass is 10.1. The molecule has 0 unspecified atom stereocenters. The highest BCUT2D eigenvalue weighted by Crippen LogP contribution is 2.19. The average Bonchev–Trinajstić information content (AvgIpc) is 2.68. The minimum atomic E-state index is -3.73. The van der Waals surface area contributed by atoms with Gasteiger partial charge in [-0.3, -0.25) is 9.71 Å². The molecular weight excluding hydrogens is 366 g/mol. The average molecular weight is 383 g/mol. The van der Waals surface area contributed by atoms with Crippen molar-refractivity contribution in [2.45, 2.75) is 11.8 Å². The summed E-state index contributed by atoms with van der Waals surface area (Å²) in [7, 11) is -2.41. The third kappa shape index (κ3) is 4.29. The maximum Gasteiger partial charge on any atom is 0.337 e. The summed E-state index contributed by atoms with van der Waals surface area (Å²) in [5.41, 5.74) is 2.68. The quantitative estimate of drug-likeness (QED) is 0.680. The molecule has 1 N–H and O–H groups in total. The fraction of sp³-hybridized carbons (Fsp3) is 0.105. The highest BCUT2D eigenvalue weighted by Gasteiger charge is 2.15. The molecule has 0 spiro atoms. The number of aryl methyl sites for hydroxylation is 1. The summed E-state index contributed by atoms with van der Waals surface area (Å²) in [6.07, 6.45) is 2.80. The highest BCUT2D eigenvalue weighted by atomic mass is 32.2. The summed E-state index contributed by atoms with van der Waals surface area (Å²) < 4.78 is 31.8. The zero-order valence-corrected chi connectivity index (χ0v) is 15.5. The maximum atomic E-state index is 12.4. The van der Waals surface area contributed by atoms with E-state index in [1.807, 2.05) is 6.92 Å². The van der Waals surface area contributed by atoms with Crippen LogP contribution in [0.25, 0.3) is 11.3 Å². The summed E-state index contributed by atoms with van der Waals surface area (Å²) in [4.78, 5) is 20.0. The van der Waals surface area contributed by atoms with Crippen LogP contribution in [0.15, 0.2) is 65.8 Å². The molecule has 8 heteroatoms. The molecule has 3 aromatic rings. The maximum absolute atomic E-state index is 12.4. The van der Waals surface area contributed by atoms with Crippen LogP contribution in [0.2, 0.25) is 0 Å². The van der Waals surface area contributed by atoms with Gasteiger partial charge in [-0.1, -0.05) is 29.8 Å². The minimum absolute atomic E-state index is 0.116. The van der Waals surface area contributed by atoms with Crippen molar-refractivity contribution in [3.8, 4) is 11.3 Å². The van der Waals surface area contributed by atoms with Gasteiger partial charge in [0.1, 0.15) is 0 Å². The number of nitrogens with zero attached hydrogens (tertiary/aromatic N) is 2. The second kappa shape index (κ2) is 7.55. The summed E-state index contributed by atoms with van der Waals surface area (Å²) >= 11 is 0. The van der Waals surface area contributed by atoms with Crippen LogP contribution in [0.5, 0.6) is 0 Å². The molecule has 2 aromatic carbocycles. The van der Waals surface area contributed by atoms with Gasteiger partial charge in [-0.15, -0.1) is 0 Å². The first-order valence-corrected chi connectivity index (χ1v) is 9.47. The second-order valence-electron chi connectivity index (χ2n) is 5.77. The standard InChI is InChI=1S/C19H17N3O4S/c1-13-3-9-16(10-4-13)27(24,25)22-18-12-20-17(11-21-18)14-5-7-15(8-6-14)19(23)26-2/h3-12H,1-2H3,(H,21,22). The number of hydrogen-bond acceptors (Lipinski definition) is 6. The Hall–Kier alpha value is -3.26. The number of hydrogen-bond donors (Lipinski definition) is 1. The van der Waals surface area contributed by atoms with Crippen molar-refractivity contribution in [1.29, 1.82) is 0 Å². The summed E-state index contributed by atoms with van der Waals surface area (Å²) in [6.45, 7) is 1.88. The Kier molecular flexibility index (Phi) is 5.18. The molecule has 27 heavy (non-hydrogen) atoms. The number of methoxy groups -OCH3 is 1. The first-order chi connectivity index (χ1) is 12.9. The van der Waals surface area contributed by atoms with Crippen LogP contribution in [0.1, 0.15) is 15.9 Å². The van der Waals surface area contributed by atoms with Crippen LogP contribution < -0.4 is 4.72 Å². The molecule has 0 amide bonds. The molecule has 0 aliphatic carbocycles. The van der Waals surface area contributed by atoms with E-state index in [9.17, 15) is 13.2 Å². The summed E-state index contributed by atoms with van der Waals surface area (Å²) in [5.74, 6) is -0.306. The van der Waals surface area contributed by atoms with Gasteiger partial charge in [0, 0.05) is 5.56 Å². The van der Waals surface area contributed by atoms with E-state index in [0.717, 1.165) is 11.1 Å². The van der Waals surface area contributed by atoms with E-state index in [4.69, 9.17) is 0 Å². The molecule has 0 atom stereocenters. The number of benzene rings is 2. The predicted octanol–water partition coefficient (Wildman–Crippen LogP) is 3.04. The molecule has 0 saturated heterocycles. The van der Waals surface area contributed by atoms with E-state index >= 15 is 0 Å². The number of sulfonamides is 1. The topological polar surface area (TPSA) is 98.2 Å². The number of aromatic nitrogens is 2. The smallest absolute Gasteiger partial charge is 0.337 e. The first kappa shape index (κ1) is 18.5. The molecule has 0 radical (unpaired) electrons. The Balaban J connectivity index is 1.77. The Labute approximate surface area is 157 Å². The fourth-order valence-electron chi connectivity index (χ4n) is 2.34. The molecule has 0 aliphatic rings. The number of nitrogens with one attached hydrogen (secondary N) is 1. The van der Waals surface area contributed by atoms with Crippen molar-refractivity contribution < 1.29 is 17.9 Å². The molecule has 0 fully saturated rings. The van der Waals surface area contributed by atoms with Crippen molar-refractivity contribution in [2.75, 3.05) is 11.8 Å². The lowest BCUT2D eigenvalue weighted by Gasteiger charge is -2.08. The number of rotatable bonds is 5. The number of carbonyl (C=O) groups excluding carboxylic acids is 1. The van der Waals surface area contributed by atoms with Crippen molar-refractivity contribution in [1.82, 2.24) is 9.97 Å². The Morgan fingerprint density at radius 3 is 2.19 bits per heavy atom. The predicted molar refractivity (Wildman–Crippen MR) is 101 cm³/mol. The van der Waals surface area contributed by atoms with Crippen molar-refractivity contribution in [3.05, 3.63) is 72.1 Å². The molecule has 1 heterocycles. The van der Waals surface area contributed by atoms with Crippen LogP contribution in [0.3, 0.4) is 0 Å². The number of esters is 1. The zero-order chi connectivity index (χ0) is 19.4. The molecule has 0 saturated carbocycles. The van der Waals surface area contributed by atoms with Gasteiger partial charge in [-0.2, -0.15) is 0 Å². The van der Waals surface area contributed by atoms with Crippen molar-refractivity contribution in [2.24, 2.45) is 0 Å². The number of anilines is 1. The van der Waals surface area contributed by atoms with Gasteiger partial charge < -0.3 is 4.74 Å². The van der Waals surface area contributed by atoms with Gasteiger partial charge in [0.25, 0.3) is 10.0 Å². The minimum Gasteiger partial charge on any atom is -0.465 e. The molecule has 3 rings (SSSR count). The molecule has 1 aromatic heterocycles. The van der Waals surface area contributed by atoms with Gasteiger partial charge >= 0.3 is 5.97 Å². The van der Waals surface area contributed by atoms with Gasteiger partial charge in [0.2, 0.25) is 0 Å². The van der Waals surface area contributed by atoms with Gasteiger partial charge in [-0.25, -0.2) is 18.2 Å². The Morgan fingerprint density at radius 1 is 0.963 bits per heavy atom. The highest BCUT2D eigenvalue weighted by molar-refractivity contribution is 7.92. The fourth-order valence-corrected chi connectivity index (χ4v) is 3.33. The third-order valence-electron chi connectivity index (χ3n) is 3.82. The molecule has 138 valence electrons. The van der Waals surface area contributed by atoms with E-state index in [1.54, 1.807) is 36.4 Å². The normalized spacial score (nSPS) is 11.0. The van der Waals surface area contributed by atoms with E-state index in [1.165, 1.54) is 31.6 Å². The zero-order valence-electron chi connectivity index (χ0n) is 14.7. The largest absolute Gasteiger partial charge is 0.465 e. The van der Waals surface area contributed by atoms with Crippen molar-refractivity contribution >= 4 is 21.8 Å². The third-order valence-corrected chi connectivity index (χ3v) is 5.19. The molecular formula is C19H17N3O4S. The molecule has 0 bridgehead atoms. The number of ether oxygens (including phenoxy) is 1. The monoisotopic (exact) mass is 383 g/mol. The van der Waals surface area contributed by atoms with Crippen LogP contribution >= 0.6 is 0 Å². The van der Waals surface area contributed by atoms with E-state index < -0.39 is 16.0 Å². The SMILES string of the molecule is COC(=O)c1ccc(-c2cnc(NS(=O)(=O)c3ccc(C)cc3)cn2)cc1. The second-order valence-corrected chi connectivity index (χ2v) is 7.46. The van der Waals surface area contributed by atoms with Crippen LogP contribution in [-0.2, 0) is 14.8 Å². The Morgan fingerprint density at radius 2 is 1.63 bits per heavy atom. The molecule has 0 aliphatic heterocycles. The first-order valence-electron chi connectivity index (χ1n) is 7.99. The number of carbonyl (C=O) groups is 1. The van der Waals surface area contributed by atoms with Gasteiger partial charge in [0.05, 0.1) is 35.7 Å². The lowest BCUT2D eigenvalue weighted by molar-refractivity contribution is 0.0600.